The summed E-state index contributed by atoms with van der Waals surface area (Å²) in [5.41, 5.74) is 5.11. The number of nitrogens with one attached hydrogen (secondary N) is 1. The minimum Gasteiger partial charge on any atom is -0.376 e. The van der Waals surface area contributed by atoms with Gasteiger partial charge < -0.3 is 4.74 Å². The molecule has 0 spiro atoms. The molecule has 0 amide bonds. The number of nitrogens with two attached hydrogens (primary N) is 1. The number of fused-ring (bicyclic) bond motifs is 1. The van der Waals surface area contributed by atoms with E-state index in [1.165, 1.54) is 18.4 Å². The average molecular weight is 271 g/mol. The number of benzene rings is 1. The highest BCUT2D eigenvalue weighted by Crippen LogP contribution is 2.40. The molecule has 2 aromatic rings. The Balaban J connectivity index is 1.93. The second-order valence-corrected chi connectivity index (χ2v) is 5.36. The van der Waals surface area contributed by atoms with Crippen LogP contribution >= 0.6 is 0 Å². The highest BCUT2D eigenvalue weighted by Gasteiger charge is 2.37. The highest BCUT2D eigenvalue weighted by molar-refractivity contribution is 5.79. The molecule has 1 heterocycles. The average Bonchev–Trinajstić information content (AvgIpc) is 3.31. The van der Waals surface area contributed by atoms with Gasteiger partial charge in [-0.05, 0) is 49.4 Å². The van der Waals surface area contributed by atoms with E-state index in [1.54, 1.807) is 0 Å². The number of hydrogen-bond acceptors (Lipinski definition) is 4. The Morgan fingerprint density at radius 1 is 1.40 bits per heavy atom. The first kappa shape index (κ1) is 13.5. The van der Waals surface area contributed by atoms with Gasteiger partial charge in [-0.1, -0.05) is 12.1 Å². The Morgan fingerprint density at radius 3 is 2.95 bits per heavy atom. The molecule has 0 saturated heterocycles. The van der Waals surface area contributed by atoms with E-state index in [9.17, 15) is 0 Å². The molecule has 20 heavy (non-hydrogen) atoms. The van der Waals surface area contributed by atoms with Crippen molar-refractivity contribution in [1.29, 1.82) is 0 Å². The molecule has 0 radical (unpaired) electrons. The van der Waals surface area contributed by atoms with Crippen LogP contribution in [0.2, 0.25) is 0 Å². The van der Waals surface area contributed by atoms with Gasteiger partial charge in [0.1, 0.15) is 0 Å². The van der Waals surface area contributed by atoms with Gasteiger partial charge >= 0.3 is 0 Å². The number of hydrazine groups is 1. The van der Waals surface area contributed by atoms with Crippen molar-refractivity contribution in [1.82, 2.24) is 10.4 Å². The molecule has 2 atom stereocenters. The number of ether oxygens (including phenoxy) is 1. The number of aromatic nitrogens is 1. The fourth-order valence-electron chi connectivity index (χ4n) is 2.79. The first-order valence-electron chi connectivity index (χ1n) is 7.26. The Hall–Kier alpha value is -1.49. The van der Waals surface area contributed by atoms with Gasteiger partial charge in [0.15, 0.2) is 0 Å². The molecule has 3 rings (SSSR count). The number of rotatable bonds is 6. The molecule has 1 saturated carbocycles. The van der Waals surface area contributed by atoms with E-state index >= 15 is 0 Å². The van der Waals surface area contributed by atoms with E-state index in [4.69, 9.17) is 10.6 Å². The lowest BCUT2D eigenvalue weighted by Gasteiger charge is -2.27. The predicted molar refractivity (Wildman–Crippen MR) is 79.9 cm³/mol. The predicted octanol–water partition coefficient (Wildman–Crippen LogP) is 2.55. The molecular weight excluding hydrogens is 250 g/mol. The summed E-state index contributed by atoms with van der Waals surface area (Å²) in [6.45, 7) is 2.75. The summed E-state index contributed by atoms with van der Waals surface area (Å²) >= 11 is 0. The van der Waals surface area contributed by atoms with Crippen molar-refractivity contribution in [3.63, 3.8) is 0 Å². The maximum atomic E-state index is 5.93. The maximum Gasteiger partial charge on any atom is 0.0810 e. The van der Waals surface area contributed by atoms with Gasteiger partial charge in [-0.3, -0.25) is 16.3 Å². The molecule has 1 aromatic carbocycles. The van der Waals surface area contributed by atoms with Crippen molar-refractivity contribution in [2.24, 2.45) is 11.8 Å². The Morgan fingerprint density at radius 2 is 2.25 bits per heavy atom. The van der Waals surface area contributed by atoms with Crippen molar-refractivity contribution < 1.29 is 4.74 Å². The van der Waals surface area contributed by atoms with E-state index in [2.05, 4.69) is 28.6 Å². The first-order valence-corrected chi connectivity index (χ1v) is 7.26. The number of nitrogens with zero attached hydrogens (tertiary/aromatic N) is 1. The second kappa shape index (κ2) is 5.87. The van der Waals surface area contributed by atoms with Crippen molar-refractivity contribution in [3.05, 3.63) is 42.1 Å². The Bertz CT molecular complexity index is 583. The zero-order valence-electron chi connectivity index (χ0n) is 11.8. The standard InChI is InChI=1S/C16H21N3O/c1-2-20-16(11-5-6-11)15(19-17)13-7-8-14-12(10-13)4-3-9-18-14/h3-4,7-11,15-16,19H,2,5-6,17H2,1H3. The van der Waals surface area contributed by atoms with Crippen LogP contribution in [0.1, 0.15) is 31.4 Å². The molecule has 1 fully saturated rings. The summed E-state index contributed by atoms with van der Waals surface area (Å²) in [6.07, 6.45) is 4.43. The molecule has 4 nitrogen and oxygen atoms in total. The van der Waals surface area contributed by atoms with Crippen LogP contribution in [0.5, 0.6) is 0 Å². The van der Waals surface area contributed by atoms with E-state index in [-0.39, 0.29) is 12.1 Å². The lowest BCUT2D eigenvalue weighted by Crippen LogP contribution is -2.39. The monoisotopic (exact) mass is 271 g/mol. The molecule has 0 aliphatic heterocycles. The van der Waals surface area contributed by atoms with Gasteiger partial charge in [0.05, 0.1) is 17.7 Å². The molecule has 1 aliphatic rings. The van der Waals surface area contributed by atoms with Crippen LogP contribution in [0.25, 0.3) is 10.9 Å². The van der Waals surface area contributed by atoms with Gasteiger partial charge in [0, 0.05) is 18.2 Å². The Kier molecular flexibility index (Phi) is 3.96. The summed E-state index contributed by atoms with van der Waals surface area (Å²) in [4.78, 5) is 4.35. The second-order valence-electron chi connectivity index (χ2n) is 5.36. The summed E-state index contributed by atoms with van der Waals surface area (Å²) in [7, 11) is 0. The minimum absolute atomic E-state index is 0.0343. The van der Waals surface area contributed by atoms with Crippen molar-refractivity contribution in [3.8, 4) is 0 Å². The summed E-state index contributed by atoms with van der Waals surface area (Å²) in [5, 5.41) is 1.14. The third kappa shape index (κ3) is 2.68. The van der Waals surface area contributed by atoms with Gasteiger partial charge in [0.2, 0.25) is 0 Å². The molecule has 2 unspecified atom stereocenters. The van der Waals surface area contributed by atoms with Gasteiger partial charge in [-0.25, -0.2) is 0 Å². The van der Waals surface area contributed by atoms with Crippen molar-refractivity contribution in [2.75, 3.05) is 6.61 Å². The zero-order chi connectivity index (χ0) is 13.9. The number of pyridine rings is 1. The van der Waals surface area contributed by atoms with Crippen molar-refractivity contribution >= 4 is 10.9 Å². The molecule has 106 valence electrons. The van der Waals surface area contributed by atoms with Crippen LogP contribution in [-0.2, 0) is 4.74 Å². The van der Waals surface area contributed by atoms with Gasteiger partial charge in [-0.2, -0.15) is 0 Å². The smallest absolute Gasteiger partial charge is 0.0810 e. The molecule has 1 aromatic heterocycles. The van der Waals surface area contributed by atoms with Crippen LogP contribution in [0.3, 0.4) is 0 Å². The number of hydrogen-bond donors (Lipinski definition) is 2. The van der Waals surface area contributed by atoms with Crippen LogP contribution in [-0.4, -0.2) is 17.7 Å². The van der Waals surface area contributed by atoms with Crippen LogP contribution in [0.4, 0.5) is 0 Å². The molecular formula is C16H21N3O. The fraction of sp³-hybridized carbons (Fsp3) is 0.438. The molecule has 0 bridgehead atoms. The molecule has 4 heteroatoms. The van der Waals surface area contributed by atoms with E-state index in [0.717, 1.165) is 10.9 Å². The fourth-order valence-corrected chi connectivity index (χ4v) is 2.79. The topological polar surface area (TPSA) is 60.2 Å². The normalized spacial score (nSPS) is 18.1. The van der Waals surface area contributed by atoms with Crippen LogP contribution in [0.15, 0.2) is 36.5 Å². The van der Waals surface area contributed by atoms with Gasteiger partial charge in [0.25, 0.3) is 0 Å². The van der Waals surface area contributed by atoms with Gasteiger partial charge in [-0.15, -0.1) is 0 Å². The van der Waals surface area contributed by atoms with Crippen LogP contribution in [0, 0.1) is 5.92 Å². The molecule has 1 aliphatic carbocycles. The SMILES string of the molecule is CCOC(C1CC1)C(NN)c1ccc2ncccc2c1. The highest BCUT2D eigenvalue weighted by atomic mass is 16.5. The van der Waals surface area contributed by atoms with Crippen molar-refractivity contribution in [2.45, 2.75) is 31.9 Å². The first-order chi connectivity index (χ1) is 9.83. The van der Waals surface area contributed by atoms with E-state index in [1.807, 2.05) is 25.3 Å². The lowest BCUT2D eigenvalue weighted by molar-refractivity contribution is 0.0186. The minimum atomic E-state index is 0.0343. The summed E-state index contributed by atoms with van der Waals surface area (Å²) < 4.78 is 5.93. The Labute approximate surface area is 119 Å². The maximum absolute atomic E-state index is 5.93. The third-order valence-corrected chi connectivity index (χ3v) is 3.94. The lowest BCUT2D eigenvalue weighted by atomic mass is 9.97. The third-order valence-electron chi connectivity index (χ3n) is 3.94. The quantitative estimate of drug-likeness (QED) is 0.626. The van der Waals surface area contributed by atoms with E-state index in [0.29, 0.717) is 12.5 Å². The molecule has 3 N–H and O–H groups in total. The van der Waals surface area contributed by atoms with Crippen LogP contribution < -0.4 is 11.3 Å². The largest absolute Gasteiger partial charge is 0.376 e. The summed E-state index contributed by atoms with van der Waals surface area (Å²) in [5.74, 6) is 6.43. The van der Waals surface area contributed by atoms with E-state index < -0.39 is 0 Å². The summed E-state index contributed by atoms with van der Waals surface area (Å²) in [6, 6.07) is 10.4. The zero-order valence-corrected chi connectivity index (χ0v) is 11.8.